The van der Waals surface area contributed by atoms with Crippen molar-refractivity contribution in [3.63, 3.8) is 0 Å². The van der Waals surface area contributed by atoms with Gasteiger partial charge in [-0.2, -0.15) is 0 Å². The highest BCUT2D eigenvalue weighted by Crippen LogP contribution is 2.23. The Bertz CT molecular complexity index is 981. The summed E-state index contributed by atoms with van der Waals surface area (Å²) in [5.74, 6) is -1.05. The molecular weight excluding hydrogens is 450 g/mol. The van der Waals surface area contributed by atoms with Gasteiger partial charge in [0.05, 0.1) is 11.8 Å². The van der Waals surface area contributed by atoms with Crippen molar-refractivity contribution in [3.8, 4) is 5.75 Å². The molecule has 1 aliphatic heterocycles. The van der Waals surface area contributed by atoms with E-state index in [4.69, 9.17) is 14.9 Å². The molecule has 0 saturated carbocycles. The molecule has 1 atom stereocenters. The minimum Gasteiger partial charge on any atom is -0.492 e. The van der Waals surface area contributed by atoms with Gasteiger partial charge < -0.3 is 19.8 Å². The van der Waals surface area contributed by atoms with Gasteiger partial charge in [-0.15, -0.1) is 0 Å². The third-order valence-corrected chi connectivity index (χ3v) is 5.20. The molecule has 0 radical (unpaired) electrons. The molecule has 1 aliphatic rings. The van der Waals surface area contributed by atoms with Gasteiger partial charge in [0.2, 0.25) is 5.91 Å². The lowest BCUT2D eigenvalue weighted by molar-refractivity contribution is -0.134. The number of carbonyl (C=O) groups excluding carboxylic acids is 2. The number of anilines is 1. The van der Waals surface area contributed by atoms with Crippen molar-refractivity contribution in [2.45, 2.75) is 11.7 Å². The predicted octanol–water partition coefficient (Wildman–Crippen LogP) is 2.20. The molecule has 2 amide bonds. The van der Waals surface area contributed by atoms with Crippen molar-refractivity contribution < 1.29 is 34.1 Å². The fourth-order valence-corrected chi connectivity index (χ4v) is 3.46. The van der Waals surface area contributed by atoms with E-state index in [-0.39, 0.29) is 16.4 Å². The molecule has 1 aromatic carbocycles. The van der Waals surface area contributed by atoms with E-state index in [0.29, 0.717) is 25.2 Å². The Hall–Kier alpha value is -3.86. The number of carboxylic acids is 2. The van der Waals surface area contributed by atoms with Crippen molar-refractivity contribution in [2.75, 3.05) is 25.1 Å². The molecule has 2 heterocycles. The average molecular weight is 474 g/mol. The summed E-state index contributed by atoms with van der Waals surface area (Å²) in [4.78, 5) is 48.2. The first-order chi connectivity index (χ1) is 15.7. The molecular formula is C22H23N3O7S. The molecule has 0 aliphatic carbocycles. The Morgan fingerprint density at radius 1 is 1.12 bits per heavy atom. The molecule has 2 aromatic rings. The molecule has 3 N–H and O–H groups in total. The highest BCUT2D eigenvalue weighted by atomic mass is 32.2. The van der Waals surface area contributed by atoms with Crippen LogP contribution < -0.4 is 15.0 Å². The van der Waals surface area contributed by atoms with E-state index in [1.165, 1.54) is 0 Å². The largest absolute Gasteiger partial charge is 0.492 e. The summed E-state index contributed by atoms with van der Waals surface area (Å²) in [5.41, 5.74) is 1.00. The van der Waals surface area contributed by atoms with Crippen LogP contribution in [0.3, 0.4) is 0 Å². The lowest BCUT2D eigenvalue weighted by Gasteiger charge is -2.18. The van der Waals surface area contributed by atoms with Gasteiger partial charge in [-0.25, -0.2) is 14.6 Å². The maximum absolute atomic E-state index is 11.6. The van der Waals surface area contributed by atoms with Crippen LogP contribution in [-0.4, -0.2) is 63.7 Å². The average Bonchev–Trinajstić information content (AvgIpc) is 3.11. The predicted molar refractivity (Wildman–Crippen MR) is 122 cm³/mol. The number of nitrogens with zero attached hydrogens (tertiary/aromatic N) is 2. The standard InChI is InChI=1S/C18H19N3O3S.C4H4O4/c1-21(16-4-2-3-9-19-16)10-11-24-14-7-5-13(6-8-14)12-15-17(22)20-18(23)25-15;5-3(6)1-2-4(7)8/h2-9,15H,10-12H2,1H3,(H,20,22,23);1-2H,(H,5,6)(H,7,8). The number of aromatic nitrogens is 1. The second kappa shape index (κ2) is 12.9. The number of aliphatic carboxylic acids is 2. The molecule has 1 aromatic heterocycles. The fourth-order valence-electron chi connectivity index (χ4n) is 2.60. The Kier molecular flexibility index (Phi) is 9.90. The number of carbonyl (C=O) groups is 4. The lowest BCUT2D eigenvalue weighted by atomic mass is 10.1. The maximum atomic E-state index is 11.6. The van der Waals surface area contributed by atoms with E-state index in [2.05, 4.69) is 10.3 Å². The highest BCUT2D eigenvalue weighted by Gasteiger charge is 2.31. The number of likely N-dealkylation sites (N-methyl/N-ethyl adjacent to an activating group) is 1. The topological polar surface area (TPSA) is 146 Å². The van der Waals surface area contributed by atoms with E-state index >= 15 is 0 Å². The number of hydrogen-bond donors (Lipinski definition) is 3. The quantitative estimate of drug-likeness (QED) is 0.463. The first-order valence-corrected chi connectivity index (χ1v) is 10.6. The zero-order valence-electron chi connectivity index (χ0n) is 17.7. The summed E-state index contributed by atoms with van der Waals surface area (Å²) in [7, 11) is 1.97. The molecule has 0 bridgehead atoms. The number of pyridine rings is 1. The Balaban J connectivity index is 0.000000414. The summed E-state index contributed by atoms with van der Waals surface area (Å²) in [6.07, 6.45) is 3.41. The number of hydrogen-bond acceptors (Lipinski definition) is 8. The van der Waals surface area contributed by atoms with Crippen LogP contribution in [-0.2, 0) is 20.8 Å². The van der Waals surface area contributed by atoms with Gasteiger partial charge in [-0.3, -0.25) is 14.9 Å². The summed E-state index contributed by atoms with van der Waals surface area (Å²) in [5, 5.41) is 17.3. The van der Waals surface area contributed by atoms with Crippen molar-refractivity contribution in [1.82, 2.24) is 10.3 Å². The van der Waals surface area contributed by atoms with Crippen LogP contribution in [0.5, 0.6) is 5.75 Å². The minimum atomic E-state index is -1.26. The van der Waals surface area contributed by atoms with Crippen molar-refractivity contribution in [3.05, 3.63) is 66.4 Å². The Morgan fingerprint density at radius 2 is 1.79 bits per heavy atom. The van der Waals surface area contributed by atoms with Crippen LogP contribution in [0.1, 0.15) is 5.56 Å². The van der Waals surface area contributed by atoms with Gasteiger partial charge in [-0.05, 0) is 36.2 Å². The van der Waals surface area contributed by atoms with Crippen LogP contribution in [0, 0.1) is 0 Å². The molecule has 11 heteroatoms. The minimum absolute atomic E-state index is 0.215. The Labute approximate surface area is 194 Å². The molecule has 1 saturated heterocycles. The van der Waals surface area contributed by atoms with Crippen LogP contribution in [0.25, 0.3) is 0 Å². The van der Waals surface area contributed by atoms with Crippen LogP contribution in [0.4, 0.5) is 10.6 Å². The third-order valence-electron chi connectivity index (χ3n) is 4.22. The lowest BCUT2D eigenvalue weighted by Crippen LogP contribution is -2.25. The van der Waals surface area contributed by atoms with Crippen molar-refractivity contribution in [2.24, 2.45) is 0 Å². The van der Waals surface area contributed by atoms with Gasteiger partial charge >= 0.3 is 11.9 Å². The Morgan fingerprint density at radius 3 is 2.30 bits per heavy atom. The fraction of sp³-hybridized carbons (Fsp3) is 0.227. The van der Waals surface area contributed by atoms with Gasteiger partial charge in [0, 0.05) is 25.4 Å². The number of amides is 2. The smallest absolute Gasteiger partial charge is 0.328 e. The van der Waals surface area contributed by atoms with Crippen molar-refractivity contribution in [1.29, 1.82) is 0 Å². The number of thioether (sulfide) groups is 1. The zero-order valence-corrected chi connectivity index (χ0v) is 18.5. The highest BCUT2D eigenvalue weighted by molar-refractivity contribution is 8.15. The monoisotopic (exact) mass is 473 g/mol. The molecule has 1 unspecified atom stereocenters. The third kappa shape index (κ3) is 9.44. The summed E-state index contributed by atoms with van der Waals surface area (Å²) in [6.45, 7) is 1.27. The van der Waals surface area contributed by atoms with E-state index in [9.17, 15) is 19.2 Å². The van der Waals surface area contributed by atoms with Crippen molar-refractivity contribution >= 4 is 40.7 Å². The van der Waals surface area contributed by atoms with Crippen LogP contribution >= 0.6 is 11.8 Å². The zero-order chi connectivity index (χ0) is 24.2. The second-order valence-electron chi connectivity index (χ2n) is 6.70. The summed E-state index contributed by atoms with van der Waals surface area (Å²) < 4.78 is 5.75. The summed E-state index contributed by atoms with van der Waals surface area (Å²) >= 11 is 1.05. The van der Waals surface area contributed by atoms with Gasteiger partial charge in [0.25, 0.3) is 5.24 Å². The molecule has 0 spiro atoms. The maximum Gasteiger partial charge on any atom is 0.328 e. The van der Waals surface area contributed by atoms with Gasteiger partial charge in [0.15, 0.2) is 0 Å². The van der Waals surface area contributed by atoms with Gasteiger partial charge in [-0.1, -0.05) is 30.0 Å². The second-order valence-corrected chi connectivity index (χ2v) is 7.87. The molecule has 3 rings (SSSR count). The number of nitrogens with one attached hydrogen (secondary N) is 1. The van der Waals surface area contributed by atoms with E-state index in [0.717, 1.165) is 35.4 Å². The SMILES string of the molecule is CN(CCOc1ccc(CC2SC(=O)NC2=O)cc1)c1ccccn1.O=C(O)C=CC(=O)O. The molecule has 174 valence electrons. The molecule has 1 fully saturated rings. The van der Waals surface area contributed by atoms with Crippen LogP contribution in [0.2, 0.25) is 0 Å². The van der Waals surface area contributed by atoms with Crippen LogP contribution in [0.15, 0.2) is 60.8 Å². The first-order valence-electron chi connectivity index (χ1n) is 9.74. The first kappa shape index (κ1) is 25.4. The molecule has 33 heavy (non-hydrogen) atoms. The number of benzene rings is 1. The van der Waals surface area contributed by atoms with E-state index < -0.39 is 11.9 Å². The normalized spacial score (nSPS) is 14.9. The molecule has 10 nitrogen and oxygen atoms in total. The number of carboxylic acid groups (broad SMARTS) is 2. The number of rotatable bonds is 9. The van der Waals surface area contributed by atoms with E-state index in [1.54, 1.807) is 6.20 Å². The summed E-state index contributed by atoms with van der Waals surface area (Å²) in [6, 6.07) is 13.4. The van der Waals surface area contributed by atoms with Gasteiger partial charge in [0.1, 0.15) is 18.2 Å². The number of imide groups is 1. The number of ether oxygens (including phenoxy) is 1. The van der Waals surface area contributed by atoms with E-state index in [1.807, 2.05) is 54.4 Å².